The van der Waals surface area contributed by atoms with E-state index in [0.717, 1.165) is 25.5 Å². The first-order valence-electron chi connectivity index (χ1n) is 3.84. The number of likely N-dealkylation sites (N-methyl/N-ethyl adjacent to an activating group) is 1. The van der Waals surface area contributed by atoms with Crippen LogP contribution in [0, 0.1) is 0 Å². The molecule has 0 aromatic heterocycles. The Bertz CT molecular complexity index is 103. The quantitative estimate of drug-likeness (QED) is 0.589. The van der Waals surface area contributed by atoms with Crippen LogP contribution in [-0.4, -0.2) is 18.9 Å². The lowest BCUT2D eigenvalue weighted by Gasteiger charge is -2.21. The molecule has 0 aromatic carbocycles. The van der Waals surface area contributed by atoms with Gasteiger partial charge in [-0.1, -0.05) is 19.8 Å². The van der Waals surface area contributed by atoms with Gasteiger partial charge in [-0.25, -0.2) is 0 Å². The van der Waals surface area contributed by atoms with Crippen molar-refractivity contribution in [3.05, 3.63) is 0 Å². The molecule has 2 nitrogen and oxygen atoms in total. The predicted octanol–water partition coefficient (Wildman–Crippen LogP) is 1.35. The van der Waals surface area contributed by atoms with Gasteiger partial charge in [0.2, 0.25) is 0 Å². The van der Waals surface area contributed by atoms with Crippen LogP contribution in [0.15, 0.2) is 0 Å². The van der Waals surface area contributed by atoms with E-state index in [4.69, 9.17) is 0 Å². The van der Waals surface area contributed by atoms with Gasteiger partial charge in [0.25, 0.3) is 0 Å². The number of rotatable bonds is 5. The van der Waals surface area contributed by atoms with E-state index in [9.17, 15) is 4.79 Å². The van der Waals surface area contributed by atoms with Crippen molar-refractivity contribution < 1.29 is 4.79 Å². The Balaban J connectivity index is 3.68. The molecular formula is C8H17NO. The summed E-state index contributed by atoms with van der Waals surface area (Å²) in [7, 11) is 1.82. The topological polar surface area (TPSA) is 29.1 Å². The minimum atomic E-state index is -0.296. The Morgan fingerprint density at radius 2 is 2.20 bits per heavy atom. The van der Waals surface area contributed by atoms with E-state index in [-0.39, 0.29) is 5.54 Å². The summed E-state index contributed by atoms with van der Waals surface area (Å²) in [4.78, 5) is 10.5. The van der Waals surface area contributed by atoms with Crippen LogP contribution in [0.25, 0.3) is 0 Å². The van der Waals surface area contributed by atoms with Crippen molar-refractivity contribution in [2.45, 2.75) is 38.6 Å². The van der Waals surface area contributed by atoms with Crippen LogP contribution in [0.1, 0.15) is 33.1 Å². The van der Waals surface area contributed by atoms with Crippen molar-refractivity contribution in [1.82, 2.24) is 5.32 Å². The van der Waals surface area contributed by atoms with Gasteiger partial charge in [0.05, 0.1) is 5.54 Å². The second kappa shape index (κ2) is 4.45. The molecule has 0 aliphatic rings. The molecule has 0 heterocycles. The zero-order valence-electron chi connectivity index (χ0n) is 7.11. The van der Waals surface area contributed by atoms with Gasteiger partial charge in [0.1, 0.15) is 6.29 Å². The van der Waals surface area contributed by atoms with Gasteiger partial charge in [-0.15, -0.1) is 0 Å². The monoisotopic (exact) mass is 143 g/mol. The molecule has 1 unspecified atom stereocenters. The van der Waals surface area contributed by atoms with E-state index in [1.807, 2.05) is 14.0 Å². The van der Waals surface area contributed by atoms with Gasteiger partial charge in [0.15, 0.2) is 0 Å². The van der Waals surface area contributed by atoms with Crippen molar-refractivity contribution in [3.63, 3.8) is 0 Å². The van der Waals surface area contributed by atoms with Crippen LogP contribution in [0.5, 0.6) is 0 Å². The Kier molecular flexibility index (Phi) is 4.28. The predicted molar refractivity (Wildman–Crippen MR) is 43.1 cm³/mol. The smallest absolute Gasteiger partial charge is 0.139 e. The van der Waals surface area contributed by atoms with Gasteiger partial charge < -0.3 is 10.1 Å². The number of carbonyl (C=O) groups is 1. The molecule has 0 aliphatic carbocycles. The van der Waals surface area contributed by atoms with Crippen LogP contribution in [0.3, 0.4) is 0 Å². The molecule has 0 amide bonds. The number of unbranched alkanes of at least 4 members (excludes halogenated alkanes) is 1. The minimum absolute atomic E-state index is 0.296. The van der Waals surface area contributed by atoms with Crippen LogP contribution in [0.4, 0.5) is 0 Å². The van der Waals surface area contributed by atoms with Gasteiger partial charge in [0, 0.05) is 0 Å². The fourth-order valence-electron chi connectivity index (χ4n) is 0.787. The highest BCUT2D eigenvalue weighted by Crippen LogP contribution is 2.09. The molecule has 60 valence electrons. The second-order valence-electron chi connectivity index (χ2n) is 2.89. The lowest BCUT2D eigenvalue weighted by Crippen LogP contribution is -2.41. The summed E-state index contributed by atoms with van der Waals surface area (Å²) < 4.78 is 0. The molecule has 0 saturated heterocycles. The summed E-state index contributed by atoms with van der Waals surface area (Å²) in [6.45, 7) is 4.05. The van der Waals surface area contributed by atoms with Gasteiger partial charge in [-0.2, -0.15) is 0 Å². The van der Waals surface area contributed by atoms with E-state index >= 15 is 0 Å². The number of aldehydes is 1. The highest BCUT2D eigenvalue weighted by atomic mass is 16.1. The maximum absolute atomic E-state index is 10.5. The Morgan fingerprint density at radius 3 is 2.50 bits per heavy atom. The minimum Gasteiger partial charge on any atom is -0.308 e. The van der Waals surface area contributed by atoms with Gasteiger partial charge in [-0.3, -0.25) is 0 Å². The number of nitrogens with one attached hydrogen (secondary N) is 1. The van der Waals surface area contributed by atoms with Crippen molar-refractivity contribution in [2.24, 2.45) is 0 Å². The van der Waals surface area contributed by atoms with Crippen molar-refractivity contribution in [1.29, 1.82) is 0 Å². The third-order valence-corrected chi connectivity index (χ3v) is 1.88. The van der Waals surface area contributed by atoms with Crippen molar-refractivity contribution >= 4 is 6.29 Å². The standard InChI is InChI=1S/C8H17NO/c1-4-5-6-8(2,7-10)9-3/h7,9H,4-6H2,1-3H3. The Labute approximate surface area is 63.0 Å². The zero-order chi connectivity index (χ0) is 8.04. The van der Waals surface area contributed by atoms with Crippen LogP contribution in [-0.2, 0) is 4.79 Å². The van der Waals surface area contributed by atoms with Crippen molar-refractivity contribution in [2.75, 3.05) is 7.05 Å². The number of carbonyl (C=O) groups excluding carboxylic acids is 1. The molecular weight excluding hydrogens is 126 g/mol. The number of hydrogen-bond donors (Lipinski definition) is 1. The largest absolute Gasteiger partial charge is 0.308 e. The lowest BCUT2D eigenvalue weighted by atomic mass is 9.97. The van der Waals surface area contributed by atoms with E-state index in [1.165, 1.54) is 0 Å². The van der Waals surface area contributed by atoms with E-state index in [1.54, 1.807) is 0 Å². The molecule has 0 aromatic rings. The average Bonchev–Trinajstić information content (AvgIpc) is 2.00. The summed E-state index contributed by atoms with van der Waals surface area (Å²) in [5, 5.41) is 2.99. The second-order valence-corrected chi connectivity index (χ2v) is 2.89. The SMILES string of the molecule is CCCCC(C)(C=O)NC. The summed E-state index contributed by atoms with van der Waals surface area (Å²) in [6, 6.07) is 0. The number of hydrogen-bond acceptors (Lipinski definition) is 2. The average molecular weight is 143 g/mol. The molecule has 0 aliphatic heterocycles. The molecule has 2 heteroatoms. The molecule has 0 radical (unpaired) electrons. The van der Waals surface area contributed by atoms with Gasteiger partial charge >= 0.3 is 0 Å². The lowest BCUT2D eigenvalue weighted by molar-refractivity contribution is -0.112. The highest BCUT2D eigenvalue weighted by molar-refractivity contribution is 5.63. The third kappa shape index (κ3) is 2.97. The van der Waals surface area contributed by atoms with Gasteiger partial charge in [-0.05, 0) is 20.4 Å². The molecule has 1 N–H and O–H groups in total. The summed E-state index contributed by atoms with van der Waals surface area (Å²) >= 11 is 0. The molecule has 0 saturated carbocycles. The van der Waals surface area contributed by atoms with Crippen LogP contribution < -0.4 is 5.32 Å². The first kappa shape index (κ1) is 9.63. The maximum atomic E-state index is 10.5. The molecule has 0 spiro atoms. The Morgan fingerprint density at radius 1 is 1.60 bits per heavy atom. The molecule has 0 fully saturated rings. The molecule has 0 bridgehead atoms. The van der Waals surface area contributed by atoms with Crippen LogP contribution >= 0.6 is 0 Å². The summed E-state index contributed by atoms with van der Waals surface area (Å²) in [6.07, 6.45) is 4.17. The van der Waals surface area contributed by atoms with E-state index < -0.39 is 0 Å². The first-order valence-corrected chi connectivity index (χ1v) is 3.84. The van der Waals surface area contributed by atoms with Crippen molar-refractivity contribution in [3.8, 4) is 0 Å². The Hall–Kier alpha value is -0.370. The van der Waals surface area contributed by atoms with E-state index in [2.05, 4.69) is 12.2 Å². The maximum Gasteiger partial charge on any atom is 0.139 e. The molecule has 10 heavy (non-hydrogen) atoms. The normalized spacial score (nSPS) is 16.3. The third-order valence-electron chi connectivity index (χ3n) is 1.88. The molecule has 1 atom stereocenters. The summed E-state index contributed by atoms with van der Waals surface area (Å²) in [5.74, 6) is 0. The fraction of sp³-hybridized carbons (Fsp3) is 0.875. The van der Waals surface area contributed by atoms with Crippen LogP contribution in [0.2, 0.25) is 0 Å². The molecule has 0 rings (SSSR count). The fourth-order valence-corrected chi connectivity index (χ4v) is 0.787. The van der Waals surface area contributed by atoms with E-state index in [0.29, 0.717) is 0 Å². The zero-order valence-corrected chi connectivity index (χ0v) is 7.11. The highest BCUT2D eigenvalue weighted by Gasteiger charge is 2.18. The summed E-state index contributed by atoms with van der Waals surface area (Å²) in [5.41, 5.74) is -0.296. The first-order chi connectivity index (χ1) is 4.68.